The van der Waals surface area contributed by atoms with E-state index in [4.69, 9.17) is 0 Å². The molecule has 0 aromatic heterocycles. The van der Waals surface area contributed by atoms with Crippen molar-refractivity contribution in [1.29, 1.82) is 0 Å². The number of halogens is 1. The molecule has 26 heavy (non-hydrogen) atoms. The molecule has 1 N–H and O–H groups in total. The Morgan fingerprint density at radius 2 is 1.88 bits per heavy atom. The molecular formula is C23H36FNO. The van der Waals surface area contributed by atoms with Gasteiger partial charge >= 0.3 is 0 Å². The maximum atomic E-state index is 15.3. The van der Waals surface area contributed by atoms with E-state index in [2.05, 4.69) is 24.8 Å². The molecular weight excluding hydrogens is 325 g/mol. The van der Waals surface area contributed by atoms with Crippen LogP contribution in [0.3, 0.4) is 0 Å². The molecule has 3 heteroatoms. The molecule has 1 heterocycles. The third-order valence-corrected chi connectivity index (χ3v) is 9.55. The second-order valence-corrected chi connectivity index (χ2v) is 10.6. The zero-order valence-corrected chi connectivity index (χ0v) is 16.6. The fourth-order valence-corrected chi connectivity index (χ4v) is 8.25. The lowest BCUT2D eigenvalue weighted by Gasteiger charge is -2.58. The van der Waals surface area contributed by atoms with Gasteiger partial charge in [-0.3, -0.25) is 4.90 Å². The topological polar surface area (TPSA) is 23.5 Å². The number of aliphatic hydroxyl groups excluding tert-OH is 1. The highest BCUT2D eigenvalue weighted by atomic mass is 19.1. The molecule has 0 radical (unpaired) electrons. The van der Waals surface area contributed by atoms with Gasteiger partial charge in [0.25, 0.3) is 0 Å². The highest BCUT2D eigenvalue weighted by Gasteiger charge is 2.62. The predicted molar refractivity (Wildman–Crippen MR) is 103 cm³/mol. The first-order valence-electron chi connectivity index (χ1n) is 11.2. The van der Waals surface area contributed by atoms with E-state index in [-0.39, 0.29) is 23.0 Å². The van der Waals surface area contributed by atoms with E-state index in [1.165, 1.54) is 31.3 Å². The number of hydrogen-bond acceptors (Lipinski definition) is 2. The molecule has 4 fully saturated rings. The average Bonchev–Trinajstić information content (AvgIpc) is 3.20. The number of allylic oxidation sites excluding steroid dienone is 1. The number of aliphatic hydroxyl groups is 1. The van der Waals surface area contributed by atoms with Crippen molar-refractivity contribution < 1.29 is 9.50 Å². The lowest BCUT2D eigenvalue weighted by atomic mass is 9.48. The minimum atomic E-state index is -0.631. The first-order chi connectivity index (χ1) is 12.4. The molecule has 5 aliphatic rings. The molecule has 0 bridgehead atoms. The Morgan fingerprint density at radius 1 is 1.12 bits per heavy atom. The summed E-state index contributed by atoms with van der Waals surface area (Å²) in [7, 11) is 0. The first kappa shape index (κ1) is 17.7. The van der Waals surface area contributed by atoms with Crippen LogP contribution >= 0.6 is 0 Å². The number of hydrogen-bond donors (Lipinski definition) is 1. The molecule has 146 valence electrons. The molecule has 1 saturated heterocycles. The fourth-order valence-electron chi connectivity index (χ4n) is 8.25. The molecule has 0 unspecified atom stereocenters. The second-order valence-electron chi connectivity index (χ2n) is 10.6. The van der Waals surface area contributed by atoms with Crippen molar-refractivity contribution in [2.24, 2.45) is 28.6 Å². The number of fused-ring (bicyclic) bond motifs is 5. The molecule has 0 aromatic rings. The van der Waals surface area contributed by atoms with Crippen LogP contribution in [0.5, 0.6) is 0 Å². The van der Waals surface area contributed by atoms with Crippen molar-refractivity contribution in [3.05, 3.63) is 11.6 Å². The molecule has 1 aliphatic heterocycles. The number of rotatable bonds is 1. The van der Waals surface area contributed by atoms with Gasteiger partial charge in [0.1, 0.15) is 6.17 Å². The van der Waals surface area contributed by atoms with Crippen molar-refractivity contribution in [2.45, 2.75) is 90.0 Å². The standard InChI is InChI=1S/C23H36FNO/c1-22-9-7-16(26)13-15(22)5-6-17-18(22)8-10-23(2)19(17)14-20(24)21(23)25-11-3-4-12-25/h5,16-21,26H,3-4,6-14H2,1-2H3/t16-,17+,18-,19-,20+,21-,22-,23-/m0/s1. The van der Waals surface area contributed by atoms with Gasteiger partial charge in [-0.2, -0.15) is 0 Å². The molecule has 5 rings (SSSR count). The lowest BCUT2D eigenvalue weighted by Crippen LogP contribution is -2.54. The summed E-state index contributed by atoms with van der Waals surface area (Å²) in [6, 6.07) is 0.169. The third-order valence-electron chi connectivity index (χ3n) is 9.55. The van der Waals surface area contributed by atoms with Crippen LogP contribution in [0.15, 0.2) is 11.6 Å². The number of likely N-dealkylation sites (tertiary alicyclic amines) is 1. The monoisotopic (exact) mass is 361 g/mol. The summed E-state index contributed by atoms with van der Waals surface area (Å²) >= 11 is 0. The number of alkyl halides is 1. The van der Waals surface area contributed by atoms with Gasteiger partial charge in [-0.25, -0.2) is 4.39 Å². The highest BCUT2D eigenvalue weighted by Crippen LogP contribution is 2.65. The van der Waals surface area contributed by atoms with Gasteiger partial charge < -0.3 is 5.11 Å². The Hall–Kier alpha value is -0.410. The van der Waals surface area contributed by atoms with Crippen LogP contribution in [-0.2, 0) is 0 Å². The van der Waals surface area contributed by atoms with Crippen LogP contribution < -0.4 is 0 Å². The zero-order chi connectivity index (χ0) is 18.1. The zero-order valence-electron chi connectivity index (χ0n) is 16.6. The average molecular weight is 362 g/mol. The summed E-state index contributed by atoms with van der Waals surface area (Å²) in [6.45, 7) is 7.12. The minimum absolute atomic E-state index is 0.138. The summed E-state index contributed by atoms with van der Waals surface area (Å²) in [5, 5.41) is 10.1. The smallest absolute Gasteiger partial charge is 0.116 e. The van der Waals surface area contributed by atoms with Gasteiger partial charge in [0.15, 0.2) is 0 Å². The van der Waals surface area contributed by atoms with E-state index in [1.54, 1.807) is 0 Å². The van der Waals surface area contributed by atoms with E-state index >= 15 is 4.39 Å². The molecule has 3 saturated carbocycles. The van der Waals surface area contributed by atoms with Crippen LogP contribution in [0.4, 0.5) is 4.39 Å². The first-order valence-corrected chi connectivity index (χ1v) is 11.2. The van der Waals surface area contributed by atoms with Crippen molar-refractivity contribution >= 4 is 0 Å². The van der Waals surface area contributed by atoms with Crippen molar-refractivity contribution in [3.63, 3.8) is 0 Å². The maximum absolute atomic E-state index is 15.3. The van der Waals surface area contributed by atoms with E-state index in [1.807, 2.05) is 0 Å². The molecule has 0 aromatic carbocycles. The van der Waals surface area contributed by atoms with Crippen molar-refractivity contribution in [2.75, 3.05) is 13.1 Å². The van der Waals surface area contributed by atoms with Gasteiger partial charge in [0.2, 0.25) is 0 Å². The summed E-state index contributed by atoms with van der Waals surface area (Å²) < 4.78 is 15.3. The van der Waals surface area contributed by atoms with Crippen LogP contribution in [0.2, 0.25) is 0 Å². The molecule has 0 amide bonds. The fraction of sp³-hybridized carbons (Fsp3) is 0.913. The van der Waals surface area contributed by atoms with Gasteiger partial charge in [0.05, 0.1) is 6.10 Å². The van der Waals surface area contributed by atoms with Gasteiger partial charge in [0, 0.05) is 6.04 Å². The van der Waals surface area contributed by atoms with E-state index in [0.717, 1.165) is 45.2 Å². The molecule has 0 spiro atoms. The van der Waals surface area contributed by atoms with Gasteiger partial charge in [-0.15, -0.1) is 0 Å². The van der Waals surface area contributed by atoms with Crippen LogP contribution in [0.1, 0.15) is 71.6 Å². The summed E-state index contributed by atoms with van der Waals surface area (Å²) in [4.78, 5) is 2.51. The normalized spacial score (nSPS) is 54.4. The molecule has 8 atom stereocenters. The third kappa shape index (κ3) is 2.35. The lowest BCUT2D eigenvalue weighted by molar-refractivity contribution is -0.0587. The SMILES string of the molecule is C[C@]12CC[C@H]3[C@@H](CC=C4C[C@@H](O)CC[C@@]43C)[C@@H]1C[C@@H](F)[C@@H]2N1CCCC1. The van der Waals surface area contributed by atoms with Crippen LogP contribution in [-0.4, -0.2) is 41.4 Å². The maximum Gasteiger partial charge on any atom is 0.116 e. The van der Waals surface area contributed by atoms with Crippen molar-refractivity contribution in [3.8, 4) is 0 Å². The molecule has 2 nitrogen and oxygen atoms in total. The van der Waals surface area contributed by atoms with Crippen molar-refractivity contribution in [1.82, 2.24) is 4.90 Å². The Bertz CT molecular complexity index is 599. The second kappa shape index (κ2) is 6.04. The predicted octanol–water partition coefficient (Wildman–Crippen LogP) is 4.72. The summed E-state index contributed by atoms with van der Waals surface area (Å²) in [5.74, 6) is 1.91. The number of nitrogens with zero attached hydrogens (tertiary/aromatic N) is 1. The molecule has 4 aliphatic carbocycles. The van der Waals surface area contributed by atoms with Gasteiger partial charge in [-0.1, -0.05) is 25.5 Å². The van der Waals surface area contributed by atoms with E-state index < -0.39 is 6.17 Å². The summed E-state index contributed by atoms with van der Waals surface area (Å²) in [5.41, 5.74) is 1.95. The minimum Gasteiger partial charge on any atom is -0.393 e. The van der Waals surface area contributed by atoms with Gasteiger partial charge in [-0.05, 0) is 99.5 Å². The Morgan fingerprint density at radius 3 is 2.65 bits per heavy atom. The Kier molecular flexibility index (Phi) is 4.11. The summed E-state index contributed by atoms with van der Waals surface area (Å²) in [6.07, 6.45) is 11.5. The van der Waals surface area contributed by atoms with E-state index in [0.29, 0.717) is 17.8 Å². The van der Waals surface area contributed by atoms with E-state index in [9.17, 15) is 5.11 Å². The largest absolute Gasteiger partial charge is 0.393 e. The highest BCUT2D eigenvalue weighted by molar-refractivity contribution is 5.26. The van der Waals surface area contributed by atoms with Crippen LogP contribution in [0, 0.1) is 28.6 Å². The quantitative estimate of drug-likeness (QED) is 0.683. The Labute approximate surface area is 158 Å². The van der Waals surface area contributed by atoms with Crippen LogP contribution in [0.25, 0.3) is 0 Å². The Balaban J connectivity index is 1.46.